The van der Waals surface area contributed by atoms with Crippen LogP contribution in [0.25, 0.3) is 0 Å². The highest BCUT2D eigenvalue weighted by Gasteiger charge is 2.28. The van der Waals surface area contributed by atoms with Crippen molar-refractivity contribution in [2.45, 2.75) is 38.5 Å². The van der Waals surface area contributed by atoms with Gasteiger partial charge in [0.15, 0.2) is 0 Å². The third-order valence-electron chi connectivity index (χ3n) is 2.03. The Morgan fingerprint density at radius 3 is 2.50 bits per heavy atom. The van der Waals surface area contributed by atoms with Crippen molar-refractivity contribution in [2.75, 3.05) is 0 Å². The van der Waals surface area contributed by atoms with Gasteiger partial charge in [0.1, 0.15) is 4.75 Å². The molecule has 0 aliphatic rings. The van der Waals surface area contributed by atoms with Gasteiger partial charge in [-0.05, 0) is 55.8 Å². The SMILES string of the molecule is C[C@H](N[S@@+]([O-])C(C)(C)C)c1ccc(Br)cn1. The Hall–Kier alpha value is -0.100. The molecule has 0 unspecified atom stereocenters. The molecule has 0 bridgehead atoms. The van der Waals surface area contributed by atoms with Gasteiger partial charge in [0, 0.05) is 22.0 Å². The van der Waals surface area contributed by atoms with Gasteiger partial charge in [-0.3, -0.25) is 4.98 Å². The maximum Gasteiger partial charge on any atom is 0.136 e. The molecule has 1 aromatic rings. The van der Waals surface area contributed by atoms with Crippen LogP contribution in [0.5, 0.6) is 0 Å². The molecule has 0 radical (unpaired) electrons. The first kappa shape index (κ1) is 14.0. The summed E-state index contributed by atoms with van der Waals surface area (Å²) in [5, 5.41) is 0. The second-order valence-electron chi connectivity index (χ2n) is 4.62. The molecular weight excluding hydrogens is 288 g/mol. The standard InChI is InChI=1S/C11H17BrN2OS/c1-8(14-16(15)11(2,3)4)10-6-5-9(12)7-13-10/h5-8,14H,1-4H3/t8-,16-/m0/s1. The lowest BCUT2D eigenvalue weighted by Crippen LogP contribution is -2.40. The number of pyridine rings is 1. The summed E-state index contributed by atoms with van der Waals surface area (Å²) < 4.78 is 15.6. The van der Waals surface area contributed by atoms with Crippen molar-refractivity contribution in [3.8, 4) is 0 Å². The smallest absolute Gasteiger partial charge is 0.136 e. The van der Waals surface area contributed by atoms with Gasteiger partial charge >= 0.3 is 0 Å². The van der Waals surface area contributed by atoms with E-state index < -0.39 is 11.4 Å². The van der Waals surface area contributed by atoms with Crippen molar-refractivity contribution in [1.29, 1.82) is 0 Å². The summed E-state index contributed by atoms with van der Waals surface area (Å²) in [6.45, 7) is 7.79. The van der Waals surface area contributed by atoms with Crippen LogP contribution in [-0.4, -0.2) is 14.3 Å². The van der Waals surface area contributed by atoms with Crippen molar-refractivity contribution >= 4 is 27.3 Å². The molecule has 1 aromatic heterocycles. The second-order valence-corrected chi connectivity index (χ2v) is 7.54. The largest absolute Gasteiger partial charge is 0.598 e. The fourth-order valence-electron chi connectivity index (χ4n) is 1.04. The van der Waals surface area contributed by atoms with E-state index in [4.69, 9.17) is 0 Å². The minimum Gasteiger partial charge on any atom is -0.598 e. The van der Waals surface area contributed by atoms with Crippen molar-refractivity contribution < 1.29 is 4.55 Å². The summed E-state index contributed by atoms with van der Waals surface area (Å²) in [6.07, 6.45) is 1.74. The van der Waals surface area contributed by atoms with Crippen molar-refractivity contribution in [1.82, 2.24) is 9.71 Å². The lowest BCUT2D eigenvalue weighted by atomic mass is 10.2. The van der Waals surface area contributed by atoms with E-state index in [1.165, 1.54) is 0 Å². The van der Waals surface area contributed by atoms with Gasteiger partial charge in [0.2, 0.25) is 0 Å². The maximum absolute atomic E-state index is 11.9. The van der Waals surface area contributed by atoms with E-state index in [1.807, 2.05) is 39.8 Å². The third kappa shape index (κ3) is 4.05. The van der Waals surface area contributed by atoms with Crippen molar-refractivity contribution in [2.24, 2.45) is 0 Å². The van der Waals surface area contributed by atoms with Crippen LogP contribution < -0.4 is 4.72 Å². The maximum atomic E-state index is 11.9. The first-order valence-electron chi connectivity index (χ1n) is 5.10. The Balaban J connectivity index is 2.65. The molecule has 1 N–H and O–H groups in total. The average molecular weight is 305 g/mol. The molecule has 0 saturated carbocycles. The van der Waals surface area contributed by atoms with Gasteiger partial charge in [-0.1, -0.05) is 0 Å². The van der Waals surface area contributed by atoms with Gasteiger partial charge in [-0.15, -0.1) is 4.72 Å². The predicted molar refractivity (Wildman–Crippen MR) is 71.4 cm³/mol. The molecule has 0 saturated heterocycles. The molecule has 5 heteroatoms. The van der Waals surface area contributed by atoms with Gasteiger partial charge in [-0.2, -0.15) is 0 Å². The summed E-state index contributed by atoms with van der Waals surface area (Å²) >= 11 is 2.26. The lowest BCUT2D eigenvalue weighted by Gasteiger charge is -2.26. The fourth-order valence-corrected chi connectivity index (χ4v) is 2.07. The summed E-state index contributed by atoms with van der Waals surface area (Å²) in [6, 6.07) is 3.83. The molecule has 0 aliphatic carbocycles. The molecule has 0 aromatic carbocycles. The molecule has 0 aliphatic heterocycles. The van der Waals surface area contributed by atoms with Crippen LogP contribution in [0.4, 0.5) is 0 Å². The van der Waals surface area contributed by atoms with Crippen LogP contribution in [-0.2, 0) is 11.4 Å². The second kappa shape index (κ2) is 5.49. The normalized spacial score (nSPS) is 15.9. The monoisotopic (exact) mass is 304 g/mol. The van der Waals surface area contributed by atoms with Crippen LogP contribution in [0.15, 0.2) is 22.8 Å². The molecular formula is C11H17BrN2OS. The first-order chi connectivity index (χ1) is 7.30. The van der Waals surface area contributed by atoms with E-state index in [9.17, 15) is 4.55 Å². The summed E-state index contributed by atoms with van der Waals surface area (Å²) in [4.78, 5) is 4.27. The molecule has 1 heterocycles. The Morgan fingerprint density at radius 2 is 2.06 bits per heavy atom. The number of rotatable bonds is 3. The minimum absolute atomic E-state index is 0.0202. The highest BCUT2D eigenvalue weighted by molar-refractivity contribution is 9.10. The zero-order chi connectivity index (χ0) is 12.3. The highest BCUT2D eigenvalue weighted by Crippen LogP contribution is 2.19. The van der Waals surface area contributed by atoms with Gasteiger partial charge in [0.25, 0.3) is 0 Å². The van der Waals surface area contributed by atoms with E-state index in [2.05, 4.69) is 25.6 Å². The van der Waals surface area contributed by atoms with Crippen LogP contribution >= 0.6 is 15.9 Å². The summed E-state index contributed by atoms with van der Waals surface area (Å²) in [7, 11) is 0. The lowest BCUT2D eigenvalue weighted by molar-refractivity contribution is 0.529. The van der Waals surface area contributed by atoms with E-state index >= 15 is 0 Å². The zero-order valence-electron chi connectivity index (χ0n) is 9.95. The van der Waals surface area contributed by atoms with Crippen molar-refractivity contribution in [3.63, 3.8) is 0 Å². The molecule has 2 atom stereocenters. The van der Waals surface area contributed by atoms with Crippen LogP contribution in [0.3, 0.4) is 0 Å². The number of hydrogen-bond acceptors (Lipinski definition) is 3. The number of nitrogens with zero attached hydrogens (tertiary/aromatic N) is 1. The topological polar surface area (TPSA) is 48.0 Å². The first-order valence-corrected chi connectivity index (χ1v) is 7.04. The van der Waals surface area contributed by atoms with E-state index in [0.29, 0.717) is 0 Å². The quantitative estimate of drug-likeness (QED) is 0.873. The number of hydrogen-bond donors (Lipinski definition) is 1. The van der Waals surface area contributed by atoms with Gasteiger partial charge in [0.05, 0.1) is 11.7 Å². The van der Waals surface area contributed by atoms with Crippen LogP contribution in [0.1, 0.15) is 39.4 Å². The predicted octanol–water partition coefficient (Wildman–Crippen LogP) is 2.96. The number of halogens is 1. The van der Waals surface area contributed by atoms with Crippen LogP contribution in [0.2, 0.25) is 0 Å². The van der Waals surface area contributed by atoms with Gasteiger partial charge in [-0.25, -0.2) is 0 Å². The Morgan fingerprint density at radius 1 is 1.44 bits per heavy atom. The number of nitrogens with one attached hydrogen (secondary N) is 1. The zero-order valence-corrected chi connectivity index (χ0v) is 12.4. The molecule has 16 heavy (non-hydrogen) atoms. The minimum atomic E-state index is -1.07. The fraction of sp³-hybridized carbons (Fsp3) is 0.545. The van der Waals surface area contributed by atoms with E-state index in [1.54, 1.807) is 6.20 Å². The third-order valence-corrected chi connectivity index (χ3v) is 4.18. The van der Waals surface area contributed by atoms with E-state index in [-0.39, 0.29) is 10.8 Å². The van der Waals surface area contributed by atoms with Crippen LogP contribution in [0, 0.1) is 0 Å². The summed E-state index contributed by atoms with van der Waals surface area (Å²) in [5.41, 5.74) is 0.890. The Labute approximate surface area is 108 Å². The van der Waals surface area contributed by atoms with Gasteiger partial charge < -0.3 is 4.55 Å². The molecule has 90 valence electrons. The Kier molecular flexibility index (Phi) is 4.79. The molecule has 1 rings (SSSR count). The number of aromatic nitrogens is 1. The van der Waals surface area contributed by atoms with E-state index in [0.717, 1.165) is 10.2 Å². The molecule has 0 spiro atoms. The molecule has 3 nitrogen and oxygen atoms in total. The molecule has 0 amide bonds. The average Bonchev–Trinajstić information content (AvgIpc) is 2.17. The highest BCUT2D eigenvalue weighted by atomic mass is 79.9. The Bertz CT molecular complexity index is 337. The van der Waals surface area contributed by atoms with Crippen molar-refractivity contribution in [3.05, 3.63) is 28.5 Å². The molecule has 0 fully saturated rings. The summed E-state index contributed by atoms with van der Waals surface area (Å²) in [5.74, 6) is 0.